The summed E-state index contributed by atoms with van der Waals surface area (Å²) in [5.41, 5.74) is 6.26. The summed E-state index contributed by atoms with van der Waals surface area (Å²) in [7, 11) is 1.54. The van der Waals surface area contributed by atoms with Crippen LogP contribution in [-0.4, -0.2) is 25.5 Å². The van der Waals surface area contributed by atoms with E-state index in [9.17, 15) is 9.59 Å². The van der Waals surface area contributed by atoms with Crippen LogP contribution in [0.2, 0.25) is 0 Å². The van der Waals surface area contributed by atoms with Crippen LogP contribution in [0, 0.1) is 0 Å². The van der Waals surface area contributed by atoms with E-state index in [2.05, 4.69) is 56.6 Å². The number of halogens is 2. The number of nitrogens with one attached hydrogen (secondary N) is 2. The lowest BCUT2D eigenvalue weighted by Crippen LogP contribution is -2.43. The Balaban J connectivity index is 1.86. The van der Waals surface area contributed by atoms with Gasteiger partial charge in [0.25, 0.3) is 11.8 Å². The van der Waals surface area contributed by atoms with Crippen LogP contribution >= 0.6 is 31.9 Å². The quantitative estimate of drug-likeness (QED) is 0.531. The van der Waals surface area contributed by atoms with Crippen LogP contribution in [0.15, 0.2) is 45.3 Å². The zero-order chi connectivity index (χ0) is 20.7. The van der Waals surface area contributed by atoms with E-state index < -0.39 is 11.8 Å². The first-order chi connectivity index (χ1) is 13.3. The Kier molecular flexibility index (Phi) is 8.32. The Hall–Kier alpha value is -2.06. The highest BCUT2D eigenvalue weighted by molar-refractivity contribution is 9.10. The molecule has 150 valence electrons. The van der Waals surface area contributed by atoms with Crippen LogP contribution in [-0.2, 0) is 4.79 Å². The molecule has 0 bridgehead atoms. The minimum absolute atomic E-state index is 0.228. The van der Waals surface area contributed by atoms with Gasteiger partial charge in [-0.05, 0) is 80.1 Å². The lowest BCUT2D eigenvalue weighted by atomic mass is 9.99. The number of hydrogen-bond acceptors (Lipinski definition) is 4. The Bertz CT molecular complexity index is 858. The number of rotatable bonds is 7. The van der Waals surface area contributed by atoms with Crippen molar-refractivity contribution in [1.29, 1.82) is 0 Å². The molecule has 0 heterocycles. The van der Waals surface area contributed by atoms with Crippen molar-refractivity contribution in [3.05, 3.63) is 56.5 Å². The van der Waals surface area contributed by atoms with E-state index in [1.165, 1.54) is 12.7 Å². The van der Waals surface area contributed by atoms with E-state index in [0.717, 1.165) is 10.9 Å². The molecule has 0 aliphatic carbocycles. The maximum absolute atomic E-state index is 12.1. The minimum atomic E-state index is -0.473. The van der Waals surface area contributed by atoms with Crippen LogP contribution in [0.3, 0.4) is 0 Å². The van der Waals surface area contributed by atoms with Gasteiger partial charge < -0.3 is 9.47 Å². The summed E-state index contributed by atoms with van der Waals surface area (Å²) in [5, 5.41) is 0. The van der Waals surface area contributed by atoms with Gasteiger partial charge in [-0.2, -0.15) is 0 Å². The predicted octanol–water partition coefficient (Wildman–Crippen LogP) is 4.57. The molecule has 0 radical (unpaired) electrons. The first-order valence-electron chi connectivity index (χ1n) is 8.70. The summed E-state index contributed by atoms with van der Waals surface area (Å²) >= 11 is 6.78. The van der Waals surface area contributed by atoms with Gasteiger partial charge >= 0.3 is 0 Å². The second kappa shape index (κ2) is 10.5. The summed E-state index contributed by atoms with van der Waals surface area (Å²) in [6.07, 6.45) is 1.04. The maximum Gasteiger partial charge on any atom is 0.276 e. The van der Waals surface area contributed by atoms with E-state index in [1.54, 1.807) is 18.2 Å². The number of carbonyl (C=O) groups excluding carboxylic acids is 2. The number of amides is 2. The van der Waals surface area contributed by atoms with E-state index in [1.807, 2.05) is 18.2 Å². The van der Waals surface area contributed by atoms with E-state index >= 15 is 0 Å². The highest BCUT2D eigenvalue weighted by Gasteiger charge is 2.12. The highest BCUT2D eigenvalue weighted by atomic mass is 79.9. The average Bonchev–Trinajstić information content (AvgIpc) is 2.70. The monoisotopic (exact) mass is 512 g/mol. The fourth-order valence-electron chi connectivity index (χ4n) is 2.36. The van der Waals surface area contributed by atoms with E-state index in [0.29, 0.717) is 27.5 Å². The van der Waals surface area contributed by atoms with Crippen LogP contribution < -0.4 is 20.3 Å². The van der Waals surface area contributed by atoms with Crippen LogP contribution in [0.5, 0.6) is 11.5 Å². The van der Waals surface area contributed by atoms with Gasteiger partial charge in [-0.15, -0.1) is 0 Å². The zero-order valence-electron chi connectivity index (χ0n) is 15.8. The standard InChI is InChI=1S/C20H22Br2N2O4/c1-4-12(2)13-5-8-18(16(22)9-13)28-11-19(25)23-24-20(26)14-6-7-17(27-3)15(21)10-14/h5-10,12H,4,11H2,1-3H3,(H,23,25)(H,24,26). The molecule has 2 aromatic carbocycles. The van der Waals surface area contributed by atoms with Crippen molar-refractivity contribution in [1.82, 2.24) is 10.9 Å². The van der Waals surface area contributed by atoms with Crippen molar-refractivity contribution < 1.29 is 19.1 Å². The van der Waals surface area contributed by atoms with Crippen molar-refractivity contribution >= 4 is 43.7 Å². The molecular weight excluding hydrogens is 492 g/mol. The van der Waals surface area contributed by atoms with Crippen molar-refractivity contribution in [2.24, 2.45) is 0 Å². The van der Waals surface area contributed by atoms with Crippen LogP contribution in [0.25, 0.3) is 0 Å². The van der Waals surface area contributed by atoms with Gasteiger partial charge in [0.1, 0.15) is 11.5 Å². The van der Waals surface area contributed by atoms with Gasteiger partial charge in [-0.25, -0.2) is 0 Å². The number of hydrazine groups is 1. The number of carbonyl (C=O) groups is 2. The Morgan fingerprint density at radius 3 is 2.32 bits per heavy atom. The van der Waals surface area contributed by atoms with Gasteiger partial charge in [0.05, 0.1) is 16.1 Å². The summed E-state index contributed by atoms with van der Waals surface area (Å²) in [5.74, 6) is 0.697. The van der Waals surface area contributed by atoms with Gasteiger partial charge in [-0.1, -0.05) is 19.9 Å². The molecule has 2 aromatic rings. The predicted molar refractivity (Wildman–Crippen MR) is 115 cm³/mol. The van der Waals surface area contributed by atoms with Crippen molar-refractivity contribution in [3.8, 4) is 11.5 Å². The molecule has 6 nitrogen and oxygen atoms in total. The molecule has 28 heavy (non-hydrogen) atoms. The average molecular weight is 514 g/mol. The molecule has 1 unspecified atom stereocenters. The Morgan fingerprint density at radius 1 is 1.04 bits per heavy atom. The fourth-order valence-corrected chi connectivity index (χ4v) is 3.41. The van der Waals surface area contributed by atoms with Gasteiger partial charge in [0.2, 0.25) is 0 Å². The molecule has 2 N–H and O–H groups in total. The first kappa shape index (κ1) is 22.2. The molecule has 0 aliphatic rings. The molecule has 0 aromatic heterocycles. The number of benzene rings is 2. The maximum atomic E-state index is 12.1. The molecule has 0 saturated heterocycles. The zero-order valence-corrected chi connectivity index (χ0v) is 19.0. The van der Waals surface area contributed by atoms with Gasteiger partial charge in [-0.3, -0.25) is 20.4 Å². The highest BCUT2D eigenvalue weighted by Crippen LogP contribution is 2.30. The Labute approximate surface area is 181 Å². The van der Waals surface area contributed by atoms with E-state index in [-0.39, 0.29) is 6.61 Å². The molecule has 1 atom stereocenters. The van der Waals surface area contributed by atoms with Crippen molar-refractivity contribution in [2.75, 3.05) is 13.7 Å². The summed E-state index contributed by atoms with van der Waals surface area (Å²) in [6.45, 7) is 4.06. The minimum Gasteiger partial charge on any atom is -0.496 e. The van der Waals surface area contributed by atoms with Crippen molar-refractivity contribution in [2.45, 2.75) is 26.2 Å². The summed E-state index contributed by atoms with van der Waals surface area (Å²) < 4.78 is 12.1. The van der Waals surface area contributed by atoms with Crippen LogP contribution in [0.1, 0.15) is 42.1 Å². The topological polar surface area (TPSA) is 76.7 Å². The Morgan fingerprint density at radius 2 is 1.71 bits per heavy atom. The lowest BCUT2D eigenvalue weighted by Gasteiger charge is -2.13. The molecule has 0 aliphatic heterocycles. The number of hydrogen-bond donors (Lipinski definition) is 2. The first-order valence-corrected chi connectivity index (χ1v) is 10.3. The SMILES string of the molecule is CCC(C)c1ccc(OCC(=O)NNC(=O)c2ccc(OC)c(Br)c2)c(Br)c1. The second-order valence-electron chi connectivity index (χ2n) is 6.14. The third-order valence-electron chi connectivity index (χ3n) is 4.23. The fraction of sp³-hybridized carbons (Fsp3) is 0.300. The number of methoxy groups -OCH3 is 1. The smallest absolute Gasteiger partial charge is 0.276 e. The van der Waals surface area contributed by atoms with E-state index in [4.69, 9.17) is 9.47 Å². The number of ether oxygens (including phenoxy) is 2. The second-order valence-corrected chi connectivity index (χ2v) is 7.85. The lowest BCUT2D eigenvalue weighted by molar-refractivity contribution is -0.123. The van der Waals surface area contributed by atoms with Crippen molar-refractivity contribution in [3.63, 3.8) is 0 Å². The molecule has 2 rings (SSSR count). The summed E-state index contributed by atoms with van der Waals surface area (Å²) in [4.78, 5) is 24.1. The molecular formula is C20H22Br2N2O4. The van der Waals surface area contributed by atoms with Crippen LogP contribution in [0.4, 0.5) is 0 Å². The molecule has 2 amide bonds. The molecule has 8 heteroatoms. The third-order valence-corrected chi connectivity index (χ3v) is 5.46. The molecule has 0 fully saturated rings. The normalized spacial score (nSPS) is 11.5. The van der Waals surface area contributed by atoms with Gasteiger partial charge in [0, 0.05) is 5.56 Å². The summed E-state index contributed by atoms with van der Waals surface area (Å²) in [6, 6.07) is 10.7. The largest absolute Gasteiger partial charge is 0.496 e. The molecule has 0 spiro atoms. The third kappa shape index (κ3) is 5.97. The van der Waals surface area contributed by atoms with Gasteiger partial charge in [0.15, 0.2) is 6.61 Å². The molecule has 0 saturated carbocycles.